The Kier molecular flexibility index (Phi) is 4.04. The molecule has 0 saturated heterocycles. The maximum Gasteiger partial charge on any atom is 0.276 e. The van der Waals surface area contributed by atoms with Gasteiger partial charge in [-0.3, -0.25) is 0 Å². The highest BCUT2D eigenvalue weighted by molar-refractivity contribution is 7.98. The van der Waals surface area contributed by atoms with E-state index in [1.807, 2.05) is 18.2 Å². The van der Waals surface area contributed by atoms with Crippen LogP contribution in [0.25, 0.3) is 0 Å². The number of nitrogens with zero attached hydrogens (tertiary/aromatic N) is 2. The lowest BCUT2D eigenvalue weighted by Gasteiger charge is -2.04. The first kappa shape index (κ1) is 12.4. The van der Waals surface area contributed by atoms with Crippen molar-refractivity contribution in [2.24, 2.45) is 5.73 Å². The zero-order valence-electron chi connectivity index (χ0n) is 9.31. The van der Waals surface area contributed by atoms with E-state index in [0.29, 0.717) is 23.4 Å². The van der Waals surface area contributed by atoms with E-state index in [4.69, 9.17) is 21.8 Å². The van der Waals surface area contributed by atoms with Crippen molar-refractivity contribution in [1.82, 2.24) is 10.2 Å². The van der Waals surface area contributed by atoms with Gasteiger partial charge in [0.05, 0.1) is 0 Å². The topological polar surface area (TPSA) is 64.9 Å². The van der Waals surface area contributed by atoms with Gasteiger partial charge in [-0.1, -0.05) is 35.5 Å². The van der Waals surface area contributed by atoms with Crippen LogP contribution in [0.4, 0.5) is 0 Å². The predicted octanol–water partition coefficient (Wildman–Crippen LogP) is 2.78. The molecular weight excluding hydrogens is 258 g/mol. The number of nitrogens with two attached hydrogens (primary N) is 1. The lowest BCUT2D eigenvalue weighted by molar-refractivity contribution is 0.429. The first-order valence-electron chi connectivity index (χ1n) is 5.09. The van der Waals surface area contributed by atoms with Crippen LogP contribution >= 0.6 is 23.4 Å². The summed E-state index contributed by atoms with van der Waals surface area (Å²) in [5.74, 6) is 1.27. The molecule has 2 aromatic rings. The zero-order valence-corrected chi connectivity index (χ0v) is 10.9. The Morgan fingerprint density at radius 2 is 2.24 bits per heavy atom. The molecule has 1 aromatic carbocycles. The second-order valence-electron chi connectivity index (χ2n) is 3.51. The summed E-state index contributed by atoms with van der Waals surface area (Å²) in [6.07, 6.45) is 0. The van der Waals surface area contributed by atoms with Gasteiger partial charge in [-0.2, -0.15) is 0 Å². The highest BCUT2D eigenvalue weighted by Crippen LogP contribution is 2.26. The van der Waals surface area contributed by atoms with Crippen LogP contribution in [0.15, 0.2) is 27.8 Å². The standard InChI is InChI=1S/C11H12ClN3OS/c1-7-14-15-11(16-7)17-6-9-3-2-8(5-13)4-10(9)12/h2-4H,5-6,13H2,1H3. The number of hydrogen-bond donors (Lipinski definition) is 1. The summed E-state index contributed by atoms with van der Waals surface area (Å²) in [5.41, 5.74) is 7.60. The van der Waals surface area contributed by atoms with Gasteiger partial charge < -0.3 is 10.2 Å². The third kappa shape index (κ3) is 3.21. The van der Waals surface area contributed by atoms with Gasteiger partial charge in [0, 0.05) is 24.2 Å². The van der Waals surface area contributed by atoms with Crippen molar-refractivity contribution in [1.29, 1.82) is 0 Å². The molecule has 4 nitrogen and oxygen atoms in total. The second kappa shape index (κ2) is 5.53. The molecule has 0 atom stereocenters. The molecule has 0 radical (unpaired) electrons. The molecule has 0 spiro atoms. The van der Waals surface area contributed by atoms with E-state index in [9.17, 15) is 0 Å². The van der Waals surface area contributed by atoms with Crippen LogP contribution in [0, 0.1) is 6.92 Å². The molecule has 2 N–H and O–H groups in total. The molecule has 0 fully saturated rings. The largest absolute Gasteiger partial charge is 0.416 e. The Morgan fingerprint density at radius 1 is 1.41 bits per heavy atom. The molecule has 0 aliphatic carbocycles. The van der Waals surface area contributed by atoms with Gasteiger partial charge in [0.15, 0.2) is 0 Å². The van der Waals surface area contributed by atoms with Gasteiger partial charge in [0.1, 0.15) is 0 Å². The molecule has 90 valence electrons. The minimum absolute atomic E-state index is 0.496. The smallest absolute Gasteiger partial charge is 0.276 e. The maximum absolute atomic E-state index is 6.14. The van der Waals surface area contributed by atoms with Gasteiger partial charge in [0.2, 0.25) is 5.89 Å². The normalized spacial score (nSPS) is 10.8. The average Bonchev–Trinajstić information content (AvgIpc) is 2.73. The first-order valence-corrected chi connectivity index (χ1v) is 6.45. The fourth-order valence-electron chi connectivity index (χ4n) is 1.31. The van der Waals surface area contributed by atoms with E-state index in [0.717, 1.165) is 16.1 Å². The Morgan fingerprint density at radius 3 is 2.82 bits per heavy atom. The summed E-state index contributed by atoms with van der Waals surface area (Å²) in [6, 6.07) is 5.83. The van der Waals surface area contributed by atoms with Crippen LogP contribution in [-0.4, -0.2) is 10.2 Å². The van der Waals surface area contributed by atoms with Gasteiger partial charge in [-0.05, 0) is 17.2 Å². The molecule has 2 rings (SSSR count). The fourth-order valence-corrected chi connectivity index (χ4v) is 2.47. The molecule has 0 amide bonds. The summed E-state index contributed by atoms with van der Waals surface area (Å²) in [5, 5.41) is 8.95. The summed E-state index contributed by atoms with van der Waals surface area (Å²) < 4.78 is 5.27. The Labute approximate surface area is 109 Å². The number of aromatic nitrogens is 2. The quantitative estimate of drug-likeness (QED) is 0.865. The highest BCUT2D eigenvalue weighted by Gasteiger charge is 2.06. The molecule has 1 heterocycles. The maximum atomic E-state index is 6.14. The van der Waals surface area contributed by atoms with Crippen LogP contribution in [0.3, 0.4) is 0 Å². The minimum Gasteiger partial charge on any atom is -0.416 e. The molecule has 6 heteroatoms. The Hall–Kier alpha value is -1.04. The van der Waals surface area contributed by atoms with Crippen LogP contribution in [0.1, 0.15) is 17.0 Å². The zero-order chi connectivity index (χ0) is 12.3. The van der Waals surface area contributed by atoms with Gasteiger partial charge in [-0.25, -0.2) is 0 Å². The van der Waals surface area contributed by atoms with E-state index < -0.39 is 0 Å². The number of aryl methyl sites for hydroxylation is 1. The van der Waals surface area contributed by atoms with Crippen molar-refractivity contribution >= 4 is 23.4 Å². The van der Waals surface area contributed by atoms with Crippen molar-refractivity contribution < 1.29 is 4.42 Å². The minimum atomic E-state index is 0.496. The summed E-state index contributed by atoms with van der Waals surface area (Å²) in [6.45, 7) is 2.26. The SMILES string of the molecule is Cc1nnc(SCc2ccc(CN)cc2Cl)o1. The van der Waals surface area contributed by atoms with E-state index in [1.54, 1.807) is 6.92 Å². The summed E-state index contributed by atoms with van der Waals surface area (Å²) in [7, 11) is 0. The first-order chi connectivity index (χ1) is 8.19. The highest BCUT2D eigenvalue weighted by atomic mass is 35.5. The molecule has 17 heavy (non-hydrogen) atoms. The van der Waals surface area contributed by atoms with Crippen LogP contribution in [0.2, 0.25) is 5.02 Å². The summed E-state index contributed by atoms with van der Waals surface area (Å²) >= 11 is 7.61. The second-order valence-corrected chi connectivity index (χ2v) is 4.84. The fraction of sp³-hybridized carbons (Fsp3) is 0.273. The molecule has 0 bridgehead atoms. The number of thioether (sulfide) groups is 1. The third-order valence-corrected chi connectivity index (χ3v) is 3.43. The molecular formula is C11H12ClN3OS. The summed E-state index contributed by atoms with van der Waals surface area (Å²) in [4.78, 5) is 0. The van der Waals surface area contributed by atoms with Crippen molar-refractivity contribution in [3.63, 3.8) is 0 Å². The van der Waals surface area contributed by atoms with Gasteiger partial charge in [0.25, 0.3) is 5.22 Å². The lowest BCUT2D eigenvalue weighted by atomic mass is 10.1. The van der Waals surface area contributed by atoms with Crippen molar-refractivity contribution in [2.75, 3.05) is 0 Å². The molecule has 0 aliphatic heterocycles. The predicted molar refractivity (Wildman–Crippen MR) is 67.9 cm³/mol. The number of rotatable bonds is 4. The molecule has 1 aromatic heterocycles. The van der Waals surface area contributed by atoms with E-state index in [2.05, 4.69) is 10.2 Å². The Bertz CT molecular complexity index is 515. The molecule has 0 saturated carbocycles. The van der Waals surface area contributed by atoms with Gasteiger partial charge in [-0.15, -0.1) is 10.2 Å². The third-order valence-electron chi connectivity index (χ3n) is 2.21. The number of halogens is 1. The average molecular weight is 270 g/mol. The van der Waals surface area contributed by atoms with Crippen LogP contribution in [0.5, 0.6) is 0 Å². The van der Waals surface area contributed by atoms with Crippen molar-refractivity contribution in [3.8, 4) is 0 Å². The van der Waals surface area contributed by atoms with E-state index >= 15 is 0 Å². The van der Waals surface area contributed by atoms with Crippen LogP contribution < -0.4 is 5.73 Å². The van der Waals surface area contributed by atoms with Crippen molar-refractivity contribution in [3.05, 3.63) is 40.2 Å². The monoisotopic (exact) mass is 269 g/mol. The number of hydrogen-bond acceptors (Lipinski definition) is 5. The molecule has 0 unspecified atom stereocenters. The van der Waals surface area contributed by atoms with Crippen LogP contribution in [-0.2, 0) is 12.3 Å². The number of benzene rings is 1. The van der Waals surface area contributed by atoms with E-state index in [1.165, 1.54) is 11.8 Å². The molecule has 0 aliphatic rings. The van der Waals surface area contributed by atoms with Crippen molar-refractivity contribution in [2.45, 2.75) is 24.4 Å². The van der Waals surface area contributed by atoms with Gasteiger partial charge >= 0.3 is 0 Å². The Balaban J connectivity index is 2.04. The van der Waals surface area contributed by atoms with E-state index in [-0.39, 0.29) is 0 Å². The lowest BCUT2D eigenvalue weighted by Crippen LogP contribution is -1.96.